The molecule has 3 heterocycles. The summed E-state index contributed by atoms with van der Waals surface area (Å²) in [5, 5.41) is 7.94. The molecule has 2 amide bonds. The summed E-state index contributed by atoms with van der Waals surface area (Å²) in [5.74, 6) is -0.405. The van der Waals surface area contributed by atoms with E-state index >= 15 is 0 Å². The first kappa shape index (κ1) is 18.4. The molecule has 2 aromatic heterocycles. The number of carbonyl (C=O) groups excluding carboxylic acids is 2. The average molecular weight is 395 g/mol. The van der Waals surface area contributed by atoms with Crippen LogP contribution < -0.4 is 5.32 Å². The number of thiazole rings is 1. The molecule has 1 N–H and O–H groups in total. The van der Waals surface area contributed by atoms with E-state index in [1.165, 1.54) is 11.3 Å². The fraction of sp³-hybridized carbons (Fsp3) is 0.300. The highest BCUT2D eigenvalue weighted by Gasteiger charge is 2.33. The van der Waals surface area contributed by atoms with Gasteiger partial charge >= 0.3 is 0 Å². The zero-order chi connectivity index (χ0) is 19.5. The Morgan fingerprint density at radius 3 is 2.89 bits per heavy atom. The Morgan fingerprint density at radius 1 is 1.32 bits per heavy atom. The summed E-state index contributed by atoms with van der Waals surface area (Å²) in [5.41, 5.74) is 1.03. The maximum absolute atomic E-state index is 13.0. The number of aromatic nitrogens is 3. The average Bonchev–Trinajstić information content (AvgIpc) is 3.39. The van der Waals surface area contributed by atoms with Crippen molar-refractivity contribution in [3.05, 3.63) is 65.4 Å². The highest BCUT2D eigenvalue weighted by molar-refractivity contribution is 7.14. The highest BCUT2D eigenvalue weighted by atomic mass is 32.1. The molecular weight excluding hydrogens is 374 g/mol. The maximum Gasteiger partial charge on any atom is 0.226 e. The predicted octanol–water partition coefficient (Wildman–Crippen LogP) is 2.55. The van der Waals surface area contributed by atoms with Crippen molar-refractivity contribution in [1.29, 1.82) is 0 Å². The molecule has 1 saturated heterocycles. The summed E-state index contributed by atoms with van der Waals surface area (Å²) in [6.07, 6.45) is 6.15. The van der Waals surface area contributed by atoms with Gasteiger partial charge in [0.15, 0.2) is 0 Å². The molecule has 1 aliphatic rings. The summed E-state index contributed by atoms with van der Waals surface area (Å²) >= 11 is 1.50. The molecule has 0 aliphatic carbocycles. The Labute approximate surface area is 167 Å². The molecular formula is C20H21N5O2S. The SMILES string of the molecule is CN(Cc1cnc(-n2cccn2)s1)C(=O)[C@H]1CC(=O)N[C@@H](c2ccccc2)C1. The largest absolute Gasteiger partial charge is 0.349 e. The van der Waals surface area contributed by atoms with Gasteiger partial charge in [0.1, 0.15) is 0 Å². The van der Waals surface area contributed by atoms with Crippen LogP contribution in [0.5, 0.6) is 0 Å². The van der Waals surface area contributed by atoms with Gasteiger partial charge in [-0.3, -0.25) is 9.59 Å². The Bertz CT molecular complexity index is 954. The lowest BCUT2D eigenvalue weighted by atomic mass is 9.87. The first-order valence-corrected chi connectivity index (χ1v) is 9.96. The summed E-state index contributed by atoms with van der Waals surface area (Å²) < 4.78 is 1.70. The lowest BCUT2D eigenvalue weighted by molar-refractivity contribution is -0.140. The lowest BCUT2D eigenvalue weighted by Gasteiger charge is -2.31. The van der Waals surface area contributed by atoms with Crippen molar-refractivity contribution in [2.24, 2.45) is 5.92 Å². The fourth-order valence-electron chi connectivity index (χ4n) is 3.48. The second-order valence-electron chi connectivity index (χ2n) is 6.92. The van der Waals surface area contributed by atoms with E-state index in [1.807, 2.05) is 42.6 Å². The first-order chi connectivity index (χ1) is 13.6. The van der Waals surface area contributed by atoms with Gasteiger partial charge in [-0.2, -0.15) is 5.10 Å². The number of nitrogens with zero attached hydrogens (tertiary/aromatic N) is 4. The summed E-state index contributed by atoms with van der Waals surface area (Å²) in [6.45, 7) is 0.464. The van der Waals surface area contributed by atoms with Gasteiger partial charge in [0.25, 0.3) is 0 Å². The molecule has 4 rings (SSSR count). The molecule has 0 bridgehead atoms. The van der Waals surface area contributed by atoms with Crippen LogP contribution in [-0.4, -0.2) is 38.5 Å². The van der Waals surface area contributed by atoms with Gasteiger partial charge in [-0.15, -0.1) is 0 Å². The number of benzene rings is 1. The molecule has 1 aromatic carbocycles. The number of hydrogen-bond acceptors (Lipinski definition) is 5. The van der Waals surface area contributed by atoms with E-state index in [0.29, 0.717) is 13.0 Å². The molecule has 1 fully saturated rings. The zero-order valence-electron chi connectivity index (χ0n) is 15.5. The van der Waals surface area contributed by atoms with Crippen molar-refractivity contribution < 1.29 is 9.59 Å². The van der Waals surface area contributed by atoms with Crippen molar-refractivity contribution in [2.75, 3.05) is 7.05 Å². The predicted molar refractivity (Wildman–Crippen MR) is 106 cm³/mol. The van der Waals surface area contributed by atoms with Crippen molar-refractivity contribution in [3.8, 4) is 5.13 Å². The zero-order valence-corrected chi connectivity index (χ0v) is 16.3. The summed E-state index contributed by atoms with van der Waals surface area (Å²) in [7, 11) is 1.78. The molecule has 144 valence electrons. The normalized spacial score (nSPS) is 19.2. The van der Waals surface area contributed by atoms with Crippen LogP contribution in [0.25, 0.3) is 5.13 Å². The third kappa shape index (κ3) is 3.96. The van der Waals surface area contributed by atoms with Crippen LogP contribution in [-0.2, 0) is 16.1 Å². The number of amides is 2. The minimum atomic E-state index is -0.317. The van der Waals surface area contributed by atoms with Gasteiger partial charge in [-0.25, -0.2) is 9.67 Å². The lowest BCUT2D eigenvalue weighted by Crippen LogP contribution is -2.43. The van der Waals surface area contributed by atoms with Gasteiger partial charge in [0.2, 0.25) is 16.9 Å². The summed E-state index contributed by atoms with van der Waals surface area (Å²) in [4.78, 5) is 32.2. The van der Waals surface area contributed by atoms with Gasteiger partial charge in [-0.1, -0.05) is 41.7 Å². The quantitative estimate of drug-likeness (QED) is 0.720. The van der Waals surface area contributed by atoms with Crippen LogP contribution in [0.4, 0.5) is 0 Å². The van der Waals surface area contributed by atoms with Crippen LogP contribution in [0.2, 0.25) is 0 Å². The van der Waals surface area contributed by atoms with Gasteiger partial charge < -0.3 is 10.2 Å². The minimum Gasteiger partial charge on any atom is -0.349 e. The van der Waals surface area contributed by atoms with E-state index in [2.05, 4.69) is 15.4 Å². The molecule has 28 heavy (non-hydrogen) atoms. The highest BCUT2D eigenvalue weighted by Crippen LogP contribution is 2.29. The van der Waals surface area contributed by atoms with Gasteiger partial charge in [0, 0.05) is 42.9 Å². The second-order valence-corrected chi connectivity index (χ2v) is 8.02. The molecule has 0 unspecified atom stereocenters. The third-order valence-corrected chi connectivity index (χ3v) is 5.82. The van der Waals surface area contributed by atoms with E-state index in [4.69, 9.17) is 0 Å². The van der Waals surface area contributed by atoms with Crippen LogP contribution >= 0.6 is 11.3 Å². The topological polar surface area (TPSA) is 80.1 Å². The molecule has 0 spiro atoms. The summed E-state index contributed by atoms with van der Waals surface area (Å²) in [6, 6.07) is 11.5. The van der Waals surface area contributed by atoms with Crippen LogP contribution in [0, 0.1) is 5.92 Å². The second kappa shape index (κ2) is 7.93. The third-order valence-electron chi connectivity index (χ3n) is 4.85. The van der Waals surface area contributed by atoms with Crippen molar-refractivity contribution in [1.82, 2.24) is 25.0 Å². The van der Waals surface area contributed by atoms with Gasteiger partial charge in [-0.05, 0) is 18.1 Å². The fourth-order valence-corrected chi connectivity index (χ4v) is 4.38. The number of rotatable bonds is 5. The van der Waals surface area contributed by atoms with E-state index < -0.39 is 0 Å². The molecule has 3 aromatic rings. The van der Waals surface area contributed by atoms with E-state index in [-0.39, 0.29) is 30.2 Å². The molecule has 0 saturated carbocycles. The standard InChI is InChI=1S/C20H21N5O2S/c1-24(13-16-12-21-20(28-16)25-9-5-8-22-25)19(27)15-10-17(23-18(26)11-15)14-6-3-2-4-7-14/h2-9,12,15,17H,10-11,13H2,1H3,(H,23,26)/t15-,17-/m1/s1. The molecule has 8 heteroatoms. The van der Waals surface area contributed by atoms with Crippen molar-refractivity contribution >= 4 is 23.2 Å². The number of nitrogens with one attached hydrogen (secondary N) is 1. The smallest absolute Gasteiger partial charge is 0.226 e. The van der Waals surface area contributed by atoms with Gasteiger partial charge in [0.05, 0.1) is 12.6 Å². The van der Waals surface area contributed by atoms with Crippen molar-refractivity contribution in [2.45, 2.75) is 25.4 Å². The number of hydrogen-bond donors (Lipinski definition) is 1. The number of piperidine rings is 1. The van der Waals surface area contributed by atoms with Crippen LogP contribution in [0.3, 0.4) is 0 Å². The van der Waals surface area contributed by atoms with Crippen LogP contribution in [0.15, 0.2) is 55.0 Å². The Morgan fingerprint density at radius 2 is 2.14 bits per heavy atom. The number of carbonyl (C=O) groups is 2. The van der Waals surface area contributed by atoms with E-state index in [1.54, 1.807) is 29.0 Å². The monoisotopic (exact) mass is 395 g/mol. The Balaban J connectivity index is 1.42. The minimum absolute atomic E-state index is 0.00943. The Kier molecular flexibility index (Phi) is 5.21. The molecule has 2 atom stereocenters. The molecule has 0 radical (unpaired) electrons. The molecule has 7 nitrogen and oxygen atoms in total. The Hall–Kier alpha value is -3.00. The van der Waals surface area contributed by atoms with Crippen LogP contribution in [0.1, 0.15) is 29.3 Å². The molecule has 1 aliphatic heterocycles. The maximum atomic E-state index is 13.0. The van der Waals surface area contributed by atoms with Crippen molar-refractivity contribution in [3.63, 3.8) is 0 Å². The van der Waals surface area contributed by atoms with E-state index in [0.717, 1.165) is 15.6 Å². The first-order valence-electron chi connectivity index (χ1n) is 9.14. The van der Waals surface area contributed by atoms with E-state index in [9.17, 15) is 9.59 Å².